The molecule has 2 aromatic heterocycles. The largest absolute Gasteiger partial charge is 0.493 e. The Morgan fingerprint density at radius 1 is 1.00 bits per heavy atom. The molecule has 7 nitrogen and oxygen atoms in total. The maximum absolute atomic E-state index is 13.2. The zero-order chi connectivity index (χ0) is 23.4. The fourth-order valence-electron chi connectivity index (χ4n) is 3.18. The third-order valence-electron chi connectivity index (χ3n) is 4.66. The molecule has 0 saturated carbocycles. The van der Waals surface area contributed by atoms with E-state index in [2.05, 4.69) is 15.1 Å². The van der Waals surface area contributed by atoms with Crippen LogP contribution in [-0.4, -0.2) is 40.1 Å². The van der Waals surface area contributed by atoms with Gasteiger partial charge < -0.3 is 18.6 Å². The van der Waals surface area contributed by atoms with E-state index in [0.717, 1.165) is 16.3 Å². The quantitative estimate of drug-likeness (QED) is 0.312. The third-order valence-corrected chi connectivity index (χ3v) is 5.64. The van der Waals surface area contributed by atoms with Gasteiger partial charge in [-0.2, -0.15) is 18.2 Å². The summed E-state index contributed by atoms with van der Waals surface area (Å²) in [5, 5.41) is 4.17. The van der Waals surface area contributed by atoms with Crippen molar-refractivity contribution in [2.75, 3.05) is 14.2 Å². The Kier molecular flexibility index (Phi) is 6.59. The first kappa shape index (κ1) is 22.7. The Morgan fingerprint density at radius 3 is 2.45 bits per heavy atom. The molecule has 0 bridgehead atoms. The van der Waals surface area contributed by atoms with Gasteiger partial charge in [0.15, 0.2) is 16.7 Å². The van der Waals surface area contributed by atoms with E-state index in [1.165, 1.54) is 20.4 Å². The van der Waals surface area contributed by atoms with Crippen molar-refractivity contribution >= 4 is 11.8 Å². The molecule has 0 radical (unpaired) electrons. The van der Waals surface area contributed by atoms with E-state index in [4.69, 9.17) is 14.0 Å². The number of ether oxygens (including phenoxy) is 2. The Bertz CT molecular complexity index is 1230. The van der Waals surface area contributed by atoms with Gasteiger partial charge >= 0.3 is 6.18 Å². The molecule has 0 amide bonds. The van der Waals surface area contributed by atoms with Crippen molar-refractivity contribution in [1.29, 1.82) is 0 Å². The number of aromatic nitrogens is 4. The van der Waals surface area contributed by atoms with Crippen LogP contribution < -0.4 is 9.47 Å². The van der Waals surface area contributed by atoms with E-state index in [-0.39, 0.29) is 16.8 Å². The summed E-state index contributed by atoms with van der Waals surface area (Å²) in [6, 6.07) is 14.0. The average molecular weight is 476 g/mol. The molecule has 2 heterocycles. The predicted molar refractivity (Wildman–Crippen MR) is 116 cm³/mol. The third kappa shape index (κ3) is 5.30. The molecular weight excluding hydrogens is 457 g/mol. The van der Waals surface area contributed by atoms with E-state index in [1.54, 1.807) is 48.5 Å². The summed E-state index contributed by atoms with van der Waals surface area (Å²) < 4.78 is 56.7. The van der Waals surface area contributed by atoms with Gasteiger partial charge in [-0.25, -0.2) is 4.98 Å². The summed E-state index contributed by atoms with van der Waals surface area (Å²) in [5.41, 5.74) is 1.68. The second kappa shape index (κ2) is 9.57. The molecule has 0 aliphatic carbocycles. The van der Waals surface area contributed by atoms with E-state index < -0.39 is 12.7 Å². The number of hydrogen-bond acceptors (Lipinski definition) is 7. The molecule has 0 fully saturated rings. The normalized spacial score (nSPS) is 11.5. The average Bonchev–Trinajstić information content (AvgIpc) is 3.44. The maximum atomic E-state index is 13.2. The molecule has 4 rings (SSSR count). The van der Waals surface area contributed by atoms with E-state index in [1.807, 2.05) is 0 Å². The first-order valence-electron chi connectivity index (χ1n) is 9.73. The van der Waals surface area contributed by atoms with Crippen LogP contribution in [-0.2, 0) is 12.3 Å². The number of rotatable bonds is 8. The van der Waals surface area contributed by atoms with Crippen LogP contribution >= 0.6 is 11.8 Å². The fourth-order valence-corrected chi connectivity index (χ4v) is 3.99. The standard InChI is InChI=1S/C22H19F3N4O3S/c1-30-17-9-8-15(10-18(17)31-2)20-27-19(32-28-20)12-33-21-26-11-16(14-6-4-3-5-7-14)29(21)13-22(23,24)25/h3-11H,12-13H2,1-2H3. The first-order valence-corrected chi connectivity index (χ1v) is 10.7. The van der Waals surface area contributed by atoms with Crippen molar-refractivity contribution in [2.24, 2.45) is 0 Å². The lowest BCUT2D eigenvalue weighted by Gasteiger charge is -2.13. The number of alkyl halides is 3. The zero-order valence-electron chi connectivity index (χ0n) is 17.7. The number of thioether (sulfide) groups is 1. The molecule has 4 aromatic rings. The molecule has 0 unspecified atom stereocenters. The zero-order valence-corrected chi connectivity index (χ0v) is 18.5. The summed E-state index contributed by atoms with van der Waals surface area (Å²) in [7, 11) is 3.06. The number of halogens is 3. The van der Waals surface area contributed by atoms with Crippen LogP contribution in [0.3, 0.4) is 0 Å². The van der Waals surface area contributed by atoms with Gasteiger partial charge in [0, 0.05) is 5.56 Å². The Labute approximate surface area is 191 Å². The molecule has 11 heteroatoms. The van der Waals surface area contributed by atoms with Gasteiger partial charge in [0.25, 0.3) is 0 Å². The molecule has 0 N–H and O–H groups in total. The smallest absolute Gasteiger partial charge is 0.406 e. The lowest BCUT2D eigenvalue weighted by Crippen LogP contribution is -2.19. The molecule has 0 aliphatic rings. The van der Waals surface area contributed by atoms with Crippen molar-refractivity contribution in [1.82, 2.24) is 19.7 Å². The minimum absolute atomic E-state index is 0.156. The topological polar surface area (TPSA) is 75.2 Å². The molecule has 172 valence electrons. The van der Waals surface area contributed by atoms with E-state index >= 15 is 0 Å². The van der Waals surface area contributed by atoms with Gasteiger partial charge in [-0.15, -0.1) is 0 Å². The summed E-state index contributed by atoms with van der Waals surface area (Å²) in [5.74, 6) is 1.82. The molecular formula is C22H19F3N4O3S. The first-order chi connectivity index (χ1) is 15.9. The highest BCUT2D eigenvalue weighted by Crippen LogP contribution is 2.33. The molecule has 0 atom stereocenters. The lowest BCUT2D eigenvalue weighted by molar-refractivity contribution is -0.141. The SMILES string of the molecule is COc1ccc(-c2noc(CSc3ncc(-c4ccccc4)n3CC(F)(F)F)n2)cc1OC. The number of methoxy groups -OCH3 is 2. The van der Waals surface area contributed by atoms with Crippen LogP contribution in [0.1, 0.15) is 5.89 Å². The highest BCUT2D eigenvalue weighted by Gasteiger charge is 2.31. The van der Waals surface area contributed by atoms with Crippen molar-refractivity contribution < 1.29 is 27.2 Å². The number of nitrogens with zero attached hydrogens (tertiary/aromatic N) is 4. The summed E-state index contributed by atoms with van der Waals surface area (Å²) >= 11 is 1.09. The van der Waals surface area contributed by atoms with Crippen molar-refractivity contribution in [3.8, 4) is 34.1 Å². The second-order valence-corrected chi connectivity index (χ2v) is 7.81. The fraction of sp³-hybridized carbons (Fsp3) is 0.227. The van der Waals surface area contributed by atoms with Crippen LogP contribution in [0.15, 0.2) is 64.4 Å². The molecule has 0 saturated heterocycles. The Balaban J connectivity index is 1.54. The lowest BCUT2D eigenvalue weighted by atomic mass is 10.2. The number of imidazole rings is 1. The van der Waals surface area contributed by atoms with Crippen molar-refractivity contribution in [3.63, 3.8) is 0 Å². The van der Waals surface area contributed by atoms with Gasteiger partial charge in [0.05, 0.1) is 31.9 Å². The van der Waals surface area contributed by atoms with E-state index in [0.29, 0.717) is 34.1 Å². The van der Waals surface area contributed by atoms with Crippen LogP contribution in [0.2, 0.25) is 0 Å². The van der Waals surface area contributed by atoms with Gasteiger partial charge in [0.2, 0.25) is 11.7 Å². The monoisotopic (exact) mass is 476 g/mol. The van der Waals surface area contributed by atoms with Gasteiger partial charge in [-0.3, -0.25) is 0 Å². The van der Waals surface area contributed by atoms with Crippen molar-refractivity contribution in [3.05, 3.63) is 60.6 Å². The van der Waals surface area contributed by atoms with Gasteiger partial charge in [0.1, 0.15) is 6.54 Å². The highest BCUT2D eigenvalue weighted by molar-refractivity contribution is 7.98. The highest BCUT2D eigenvalue weighted by atomic mass is 32.2. The second-order valence-electron chi connectivity index (χ2n) is 6.86. The van der Waals surface area contributed by atoms with Crippen LogP contribution in [0.4, 0.5) is 13.2 Å². The minimum Gasteiger partial charge on any atom is -0.493 e. The summed E-state index contributed by atoms with van der Waals surface area (Å²) in [4.78, 5) is 8.55. The van der Waals surface area contributed by atoms with Gasteiger partial charge in [-0.05, 0) is 23.8 Å². The number of benzene rings is 2. The summed E-state index contributed by atoms with van der Waals surface area (Å²) in [6.07, 6.45) is -2.96. The molecule has 0 aliphatic heterocycles. The van der Waals surface area contributed by atoms with Crippen LogP contribution in [0.25, 0.3) is 22.6 Å². The van der Waals surface area contributed by atoms with Crippen LogP contribution in [0, 0.1) is 0 Å². The molecule has 0 spiro atoms. The van der Waals surface area contributed by atoms with Gasteiger partial charge in [-0.1, -0.05) is 47.3 Å². The predicted octanol–water partition coefficient (Wildman–Crippen LogP) is 5.47. The van der Waals surface area contributed by atoms with E-state index in [9.17, 15) is 13.2 Å². The molecule has 2 aromatic carbocycles. The number of hydrogen-bond donors (Lipinski definition) is 0. The minimum atomic E-state index is -4.40. The Morgan fingerprint density at radius 2 is 1.76 bits per heavy atom. The van der Waals surface area contributed by atoms with Crippen molar-refractivity contribution in [2.45, 2.75) is 23.6 Å². The Hall–Kier alpha value is -3.47. The van der Waals surface area contributed by atoms with Crippen LogP contribution in [0.5, 0.6) is 11.5 Å². The summed E-state index contributed by atoms with van der Waals surface area (Å²) in [6.45, 7) is -1.15. The maximum Gasteiger partial charge on any atom is 0.406 e. The molecule has 33 heavy (non-hydrogen) atoms.